The molecule has 126 valence electrons. The Kier molecular flexibility index (Phi) is 5.35. The number of amides is 1. The van der Waals surface area contributed by atoms with Gasteiger partial charge in [0.1, 0.15) is 5.82 Å². The highest BCUT2D eigenvalue weighted by molar-refractivity contribution is 7.92. The van der Waals surface area contributed by atoms with Gasteiger partial charge in [0.15, 0.2) is 0 Å². The van der Waals surface area contributed by atoms with E-state index in [2.05, 4.69) is 11.9 Å². The zero-order valence-electron chi connectivity index (χ0n) is 13.1. The van der Waals surface area contributed by atoms with Gasteiger partial charge in [0, 0.05) is 19.2 Å². The lowest BCUT2D eigenvalue weighted by molar-refractivity contribution is 0.0958. The molecular formula is C17H17FN2O3S. The summed E-state index contributed by atoms with van der Waals surface area (Å²) in [4.78, 5) is 11.9. The maximum absolute atomic E-state index is 13.0. The van der Waals surface area contributed by atoms with Crippen molar-refractivity contribution in [3.8, 4) is 0 Å². The van der Waals surface area contributed by atoms with Gasteiger partial charge in [-0.1, -0.05) is 12.1 Å². The molecule has 0 heterocycles. The van der Waals surface area contributed by atoms with E-state index in [1.54, 1.807) is 0 Å². The molecule has 5 nitrogen and oxygen atoms in total. The van der Waals surface area contributed by atoms with Crippen LogP contribution in [-0.2, 0) is 10.0 Å². The molecule has 0 spiro atoms. The van der Waals surface area contributed by atoms with Crippen molar-refractivity contribution in [2.45, 2.75) is 4.90 Å². The minimum Gasteiger partial charge on any atom is -0.349 e. The Labute approximate surface area is 140 Å². The van der Waals surface area contributed by atoms with Crippen molar-refractivity contribution in [1.29, 1.82) is 0 Å². The van der Waals surface area contributed by atoms with Crippen molar-refractivity contribution in [2.75, 3.05) is 17.9 Å². The van der Waals surface area contributed by atoms with Gasteiger partial charge in [-0.2, -0.15) is 0 Å². The molecule has 0 aromatic heterocycles. The molecule has 0 aliphatic heterocycles. The van der Waals surface area contributed by atoms with Gasteiger partial charge >= 0.3 is 0 Å². The molecule has 2 aromatic rings. The number of nitrogens with one attached hydrogen (secondary N) is 1. The standard InChI is InChI=1S/C17H17FN2O3S/c1-3-11-19-17(21)13-5-4-6-16(12-13)24(22,23)20(2)15-9-7-14(18)8-10-15/h3-10,12H,1,11H2,2H3,(H,19,21). The number of hydrogen-bond donors (Lipinski definition) is 1. The molecule has 2 aromatic carbocycles. The summed E-state index contributed by atoms with van der Waals surface area (Å²) in [7, 11) is -2.50. The largest absolute Gasteiger partial charge is 0.349 e. The SMILES string of the molecule is C=CCNC(=O)c1cccc(S(=O)(=O)N(C)c2ccc(F)cc2)c1. The van der Waals surface area contributed by atoms with Gasteiger partial charge in [0.2, 0.25) is 0 Å². The van der Waals surface area contributed by atoms with Gasteiger partial charge < -0.3 is 5.32 Å². The van der Waals surface area contributed by atoms with Crippen LogP contribution >= 0.6 is 0 Å². The minimum absolute atomic E-state index is 0.0272. The predicted molar refractivity (Wildman–Crippen MR) is 91.0 cm³/mol. The third-order valence-electron chi connectivity index (χ3n) is 3.35. The maximum atomic E-state index is 13.0. The van der Waals surface area contributed by atoms with Crippen molar-refractivity contribution < 1.29 is 17.6 Å². The number of halogens is 1. The number of nitrogens with zero attached hydrogens (tertiary/aromatic N) is 1. The monoisotopic (exact) mass is 348 g/mol. The zero-order valence-corrected chi connectivity index (χ0v) is 13.9. The lowest BCUT2D eigenvalue weighted by Crippen LogP contribution is -2.27. The van der Waals surface area contributed by atoms with Crippen LogP contribution in [0.15, 0.2) is 66.1 Å². The summed E-state index contributed by atoms with van der Waals surface area (Å²) >= 11 is 0. The van der Waals surface area contributed by atoms with E-state index in [1.807, 2.05) is 0 Å². The van der Waals surface area contributed by atoms with E-state index in [9.17, 15) is 17.6 Å². The second kappa shape index (κ2) is 7.27. The van der Waals surface area contributed by atoms with Crippen LogP contribution in [0.25, 0.3) is 0 Å². The number of carbonyl (C=O) groups is 1. The molecule has 1 N–H and O–H groups in total. The Balaban J connectivity index is 2.33. The molecule has 0 fully saturated rings. The fourth-order valence-electron chi connectivity index (χ4n) is 2.01. The quantitative estimate of drug-likeness (QED) is 0.816. The van der Waals surface area contributed by atoms with E-state index in [1.165, 1.54) is 61.7 Å². The molecule has 0 radical (unpaired) electrons. The summed E-state index contributed by atoms with van der Waals surface area (Å²) in [5.74, 6) is -0.846. The Hall–Kier alpha value is -2.67. The highest BCUT2D eigenvalue weighted by Gasteiger charge is 2.22. The minimum atomic E-state index is -3.87. The number of benzene rings is 2. The first kappa shape index (κ1) is 17.7. The lowest BCUT2D eigenvalue weighted by atomic mass is 10.2. The summed E-state index contributed by atoms with van der Waals surface area (Å²) < 4.78 is 39.4. The van der Waals surface area contributed by atoms with Gasteiger partial charge in [0.25, 0.3) is 15.9 Å². The van der Waals surface area contributed by atoms with Crippen LogP contribution in [-0.4, -0.2) is 27.9 Å². The number of carbonyl (C=O) groups excluding carboxylic acids is 1. The molecule has 0 saturated carbocycles. The average Bonchev–Trinajstić information content (AvgIpc) is 2.59. The first-order chi connectivity index (χ1) is 11.4. The van der Waals surface area contributed by atoms with Gasteiger partial charge in [-0.3, -0.25) is 9.10 Å². The van der Waals surface area contributed by atoms with E-state index in [0.717, 1.165) is 4.31 Å². The van der Waals surface area contributed by atoms with Gasteiger partial charge in [-0.05, 0) is 42.5 Å². The van der Waals surface area contributed by atoms with Crippen molar-refractivity contribution in [2.24, 2.45) is 0 Å². The normalized spacial score (nSPS) is 10.9. The number of sulfonamides is 1. The second-order valence-electron chi connectivity index (χ2n) is 4.98. The van der Waals surface area contributed by atoms with Gasteiger partial charge in [0.05, 0.1) is 10.6 Å². The zero-order chi connectivity index (χ0) is 17.7. The van der Waals surface area contributed by atoms with Crippen LogP contribution in [0.4, 0.5) is 10.1 Å². The fraction of sp³-hybridized carbons (Fsp3) is 0.118. The van der Waals surface area contributed by atoms with E-state index < -0.39 is 21.7 Å². The molecular weight excluding hydrogens is 331 g/mol. The fourth-order valence-corrected chi connectivity index (χ4v) is 3.25. The van der Waals surface area contributed by atoms with Crippen molar-refractivity contribution in [1.82, 2.24) is 5.32 Å². The smallest absolute Gasteiger partial charge is 0.264 e. The Morgan fingerprint density at radius 2 is 1.92 bits per heavy atom. The summed E-state index contributed by atoms with van der Waals surface area (Å²) in [5, 5.41) is 2.59. The van der Waals surface area contributed by atoms with Gasteiger partial charge in [-0.15, -0.1) is 6.58 Å². The molecule has 0 saturated heterocycles. The maximum Gasteiger partial charge on any atom is 0.264 e. The van der Waals surface area contributed by atoms with Crippen LogP contribution in [0.5, 0.6) is 0 Å². The Bertz CT molecular complexity index is 848. The van der Waals surface area contributed by atoms with Crippen LogP contribution in [0.1, 0.15) is 10.4 Å². The summed E-state index contributed by atoms with van der Waals surface area (Å²) in [6.45, 7) is 3.79. The molecule has 0 aliphatic carbocycles. The van der Waals surface area contributed by atoms with Crippen LogP contribution in [0, 0.1) is 5.82 Å². The summed E-state index contributed by atoms with van der Waals surface area (Å²) in [6, 6.07) is 10.8. The Morgan fingerprint density at radius 1 is 1.25 bits per heavy atom. The lowest BCUT2D eigenvalue weighted by Gasteiger charge is -2.19. The molecule has 1 amide bonds. The number of rotatable bonds is 6. The highest BCUT2D eigenvalue weighted by Crippen LogP contribution is 2.22. The molecule has 0 bridgehead atoms. The summed E-state index contributed by atoms with van der Waals surface area (Å²) in [6.07, 6.45) is 1.53. The first-order valence-corrected chi connectivity index (χ1v) is 8.54. The number of hydrogen-bond acceptors (Lipinski definition) is 3. The Morgan fingerprint density at radius 3 is 2.54 bits per heavy atom. The van der Waals surface area contributed by atoms with E-state index in [4.69, 9.17) is 0 Å². The van der Waals surface area contributed by atoms with Crippen LogP contribution in [0.2, 0.25) is 0 Å². The molecule has 0 unspecified atom stereocenters. The highest BCUT2D eigenvalue weighted by atomic mass is 32.2. The number of anilines is 1. The molecule has 0 atom stereocenters. The van der Waals surface area contributed by atoms with Gasteiger partial charge in [-0.25, -0.2) is 12.8 Å². The third kappa shape index (κ3) is 3.80. The third-order valence-corrected chi connectivity index (χ3v) is 5.13. The van der Waals surface area contributed by atoms with Crippen LogP contribution in [0.3, 0.4) is 0 Å². The topological polar surface area (TPSA) is 66.5 Å². The van der Waals surface area contributed by atoms with Crippen molar-refractivity contribution in [3.05, 3.63) is 72.6 Å². The average molecular weight is 348 g/mol. The molecule has 7 heteroatoms. The molecule has 24 heavy (non-hydrogen) atoms. The van der Waals surface area contributed by atoms with E-state index in [0.29, 0.717) is 5.69 Å². The predicted octanol–water partition coefficient (Wildman–Crippen LogP) is 2.57. The molecule has 2 rings (SSSR count). The van der Waals surface area contributed by atoms with Crippen molar-refractivity contribution >= 4 is 21.6 Å². The first-order valence-electron chi connectivity index (χ1n) is 7.10. The van der Waals surface area contributed by atoms with Crippen molar-refractivity contribution in [3.63, 3.8) is 0 Å². The van der Waals surface area contributed by atoms with Crippen LogP contribution < -0.4 is 9.62 Å². The van der Waals surface area contributed by atoms with E-state index in [-0.39, 0.29) is 17.0 Å². The second-order valence-corrected chi connectivity index (χ2v) is 6.94. The molecule has 0 aliphatic rings. The van der Waals surface area contributed by atoms with E-state index >= 15 is 0 Å². The summed E-state index contributed by atoms with van der Waals surface area (Å²) in [5.41, 5.74) is 0.545.